The summed E-state index contributed by atoms with van der Waals surface area (Å²) in [6.07, 6.45) is 2.76. The second-order valence-corrected chi connectivity index (χ2v) is 4.38. The van der Waals surface area contributed by atoms with E-state index in [0.717, 1.165) is 23.1 Å². The summed E-state index contributed by atoms with van der Waals surface area (Å²) >= 11 is -0.0360. The Morgan fingerprint density at radius 2 is 2.27 bits per heavy atom. The van der Waals surface area contributed by atoms with E-state index in [-0.39, 0.29) is 19.8 Å². The summed E-state index contributed by atoms with van der Waals surface area (Å²) in [6, 6.07) is 0. The summed E-state index contributed by atoms with van der Waals surface area (Å²) in [6.45, 7) is 2.09. The minimum absolute atomic E-state index is 0.0269. The van der Waals surface area contributed by atoms with E-state index in [1.54, 1.807) is 0 Å². The van der Waals surface area contributed by atoms with E-state index in [0.29, 0.717) is 6.41 Å². The van der Waals surface area contributed by atoms with Crippen molar-refractivity contribution in [1.29, 1.82) is 0 Å². The van der Waals surface area contributed by atoms with Crippen LogP contribution in [-0.4, -0.2) is 38.1 Å². The van der Waals surface area contributed by atoms with Gasteiger partial charge in [0.1, 0.15) is 0 Å². The van der Waals surface area contributed by atoms with Crippen molar-refractivity contribution in [2.24, 2.45) is 0 Å². The topological polar surface area (TPSA) is 37.4 Å². The van der Waals surface area contributed by atoms with E-state index in [9.17, 15) is 9.59 Å². The molecule has 3 nitrogen and oxygen atoms in total. The Hall–Kier alpha value is -0.341. The summed E-state index contributed by atoms with van der Waals surface area (Å²) < 4.78 is 0. The second kappa shape index (κ2) is 6.37. The van der Waals surface area contributed by atoms with Crippen molar-refractivity contribution in [3.05, 3.63) is 0 Å². The average Bonchev–Trinajstić information content (AvgIpc) is 2.03. The molecule has 0 fully saturated rings. The van der Waals surface area contributed by atoms with Crippen LogP contribution in [-0.2, 0) is 4.79 Å². The summed E-state index contributed by atoms with van der Waals surface area (Å²) in [5.41, 5.74) is 0. The number of amides is 2. The Morgan fingerprint density at radius 3 is 2.73 bits per heavy atom. The molecule has 0 aromatic heterocycles. The molecule has 0 atom stereocenters. The Bertz CT molecular complexity index is 138. The van der Waals surface area contributed by atoms with Crippen LogP contribution in [0.25, 0.3) is 0 Å². The summed E-state index contributed by atoms with van der Waals surface area (Å²) in [5.74, 6) is 0. The Balaban J connectivity index is 3.44. The maximum atomic E-state index is 11.0. The van der Waals surface area contributed by atoms with E-state index >= 15 is 0 Å². The van der Waals surface area contributed by atoms with Crippen LogP contribution in [0, 0.1) is 0 Å². The molecular formula is C7H13NO2Se. The average molecular weight is 222 g/mol. The van der Waals surface area contributed by atoms with Crippen LogP contribution in [0.5, 0.6) is 0 Å². The number of carbonyl (C=O) groups is 2. The van der Waals surface area contributed by atoms with Gasteiger partial charge in [0.05, 0.1) is 0 Å². The number of hydrogen-bond donors (Lipinski definition) is 0. The van der Waals surface area contributed by atoms with Crippen LogP contribution in [0.15, 0.2) is 0 Å². The summed E-state index contributed by atoms with van der Waals surface area (Å²) in [7, 11) is 1.50. The molecule has 0 bridgehead atoms. The fraction of sp³-hybridized carbons (Fsp3) is 0.714. The van der Waals surface area contributed by atoms with Crippen molar-refractivity contribution >= 4 is 26.2 Å². The van der Waals surface area contributed by atoms with Crippen molar-refractivity contribution in [2.75, 3.05) is 7.05 Å². The first kappa shape index (κ1) is 10.7. The minimum atomic E-state index is -0.0360. The van der Waals surface area contributed by atoms with Crippen LogP contribution in [0.3, 0.4) is 0 Å². The summed E-state index contributed by atoms with van der Waals surface area (Å²) in [4.78, 5) is 22.2. The molecule has 0 radical (unpaired) electrons. The van der Waals surface area contributed by atoms with Gasteiger partial charge in [0, 0.05) is 0 Å². The molecule has 0 N–H and O–H groups in total. The van der Waals surface area contributed by atoms with Crippen molar-refractivity contribution in [2.45, 2.75) is 25.1 Å². The zero-order valence-electron chi connectivity index (χ0n) is 6.87. The van der Waals surface area contributed by atoms with Gasteiger partial charge in [0.15, 0.2) is 0 Å². The van der Waals surface area contributed by atoms with E-state index in [1.165, 1.54) is 7.05 Å². The van der Waals surface area contributed by atoms with Crippen LogP contribution in [0.4, 0.5) is 4.79 Å². The number of carbonyl (C=O) groups excluding carboxylic acids is 2. The van der Waals surface area contributed by atoms with Gasteiger partial charge in [-0.1, -0.05) is 0 Å². The first-order chi connectivity index (χ1) is 5.22. The van der Waals surface area contributed by atoms with Gasteiger partial charge in [-0.05, 0) is 0 Å². The predicted octanol–water partition coefficient (Wildman–Crippen LogP) is 1.12. The maximum absolute atomic E-state index is 11.0. The molecule has 0 aliphatic heterocycles. The molecule has 0 saturated carbocycles. The van der Waals surface area contributed by atoms with E-state index < -0.39 is 0 Å². The Labute approximate surface area is 73.3 Å². The van der Waals surface area contributed by atoms with Gasteiger partial charge < -0.3 is 0 Å². The third-order valence-electron chi connectivity index (χ3n) is 1.17. The normalized spacial score (nSPS) is 9.27. The fourth-order valence-electron chi connectivity index (χ4n) is 0.449. The number of unbranched alkanes of at least 4 members (excludes halogenated alkanes) is 1. The number of rotatable bonds is 5. The van der Waals surface area contributed by atoms with Crippen LogP contribution < -0.4 is 0 Å². The monoisotopic (exact) mass is 223 g/mol. The van der Waals surface area contributed by atoms with Crippen molar-refractivity contribution in [3.8, 4) is 0 Å². The van der Waals surface area contributed by atoms with Crippen molar-refractivity contribution in [3.63, 3.8) is 0 Å². The number of imide groups is 1. The molecule has 2 amide bonds. The van der Waals surface area contributed by atoms with Gasteiger partial charge in [-0.15, -0.1) is 0 Å². The van der Waals surface area contributed by atoms with E-state index in [1.807, 2.05) is 0 Å². The molecule has 64 valence electrons. The fourth-order valence-corrected chi connectivity index (χ4v) is 2.24. The molecule has 4 heteroatoms. The SMILES string of the molecule is CCCC[Se]C(=O)N(C)C=O. The molecule has 0 aliphatic carbocycles. The second-order valence-electron chi connectivity index (χ2n) is 2.18. The van der Waals surface area contributed by atoms with Gasteiger partial charge in [-0.25, -0.2) is 0 Å². The zero-order valence-corrected chi connectivity index (χ0v) is 8.58. The predicted molar refractivity (Wildman–Crippen MR) is 44.7 cm³/mol. The molecule has 0 rings (SSSR count). The van der Waals surface area contributed by atoms with Crippen molar-refractivity contribution in [1.82, 2.24) is 4.90 Å². The van der Waals surface area contributed by atoms with Gasteiger partial charge in [-0.2, -0.15) is 0 Å². The van der Waals surface area contributed by atoms with E-state index in [2.05, 4.69) is 6.92 Å². The molecule has 0 saturated heterocycles. The van der Waals surface area contributed by atoms with Crippen molar-refractivity contribution < 1.29 is 9.59 Å². The van der Waals surface area contributed by atoms with E-state index in [4.69, 9.17) is 0 Å². The summed E-state index contributed by atoms with van der Waals surface area (Å²) in [5, 5.41) is 0.945. The molecule has 0 heterocycles. The number of hydrogen-bond acceptors (Lipinski definition) is 2. The molecule has 0 aromatic rings. The van der Waals surface area contributed by atoms with Gasteiger partial charge >= 0.3 is 72.8 Å². The third kappa shape index (κ3) is 4.99. The molecular weight excluding hydrogens is 209 g/mol. The molecule has 0 aromatic carbocycles. The molecule has 0 spiro atoms. The quantitative estimate of drug-likeness (QED) is 0.397. The van der Waals surface area contributed by atoms with Gasteiger partial charge in [0.2, 0.25) is 0 Å². The Kier molecular flexibility index (Phi) is 6.18. The molecule has 0 unspecified atom stereocenters. The van der Waals surface area contributed by atoms with Gasteiger partial charge in [-0.3, -0.25) is 0 Å². The van der Waals surface area contributed by atoms with Crippen LogP contribution in [0.2, 0.25) is 5.32 Å². The molecule has 0 aliphatic rings. The zero-order chi connectivity index (χ0) is 8.69. The molecule has 11 heavy (non-hydrogen) atoms. The number of nitrogens with zero attached hydrogens (tertiary/aromatic N) is 1. The first-order valence-corrected chi connectivity index (χ1v) is 5.64. The first-order valence-electron chi connectivity index (χ1n) is 3.57. The van der Waals surface area contributed by atoms with Crippen LogP contribution >= 0.6 is 0 Å². The van der Waals surface area contributed by atoms with Gasteiger partial charge in [0.25, 0.3) is 0 Å². The van der Waals surface area contributed by atoms with Crippen LogP contribution in [0.1, 0.15) is 19.8 Å². The Morgan fingerprint density at radius 1 is 1.64 bits per heavy atom. The standard InChI is InChI=1S/C7H13NO2Se/c1-3-4-5-11-7(10)8(2)6-9/h6H,3-5H2,1-2H3. The third-order valence-corrected chi connectivity index (χ3v) is 3.33.